The standard InChI is InChI=1S/C14H18N4O3S/c1-9-10(2)16-18(13(19)11(9)6-15)8-17-4-5-22-12(7-17)14(20)21-3/h12H,4-5,7-8H2,1-3H3/p+1/t12-/m0/s1. The molecule has 0 saturated carbocycles. The molecule has 118 valence electrons. The van der Waals surface area contributed by atoms with E-state index in [1.807, 2.05) is 6.07 Å². The number of aromatic nitrogens is 2. The van der Waals surface area contributed by atoms with E-state index < -0.39 is 0 Å². The van der Waals surface area contributed by atoms with Gasteiger partial charge in [-0.25, -0.2) is 0 Å². The molecule has 1 fully saturated rings. The number of nitriles is 1. The molecule has 0 spiro atoms. The Morgan fingerprint density at radius 1 is 1.59 bits per heavy atom. The average Bonchev–Trinajstić information content (AvgIpc) is 2.52. The van der Waals surface area contributed by atoms with E-state index in [9.17, 15) is 9.59 Å². The van der Waals surface area contributed by atoms with Crippen molar-refractivity contribution in [2.75, 3.05) is 26.0 Å². The molecule has 7 nitrogen and oxygen atoms in total. The van der Waals surface area contributed by atoms with E-state index in [0.29, 0.717) is 24.5 Å². The Kier molecular flexibility index (Phi) is 5.21. The number of aryl methyl sites for hydroxylation is 1. The Balaban J connectivity index is 2.21. The molecule has 8 heteroatoms. The lowest BCUT2D eigenvalue weighted by molar-refractivity contribution is -0.921. The number of hydrogen-bond donors (Lipinski definition) is 1. The third-order valence-electron chi connectivity index (χ3n) is 3.83. The van der Waals surface area contributed by atoms with Crippen LogP contribution in [0.15, 0.2) is 4.79 Å². The number of carbonyl (C=O) groups is 1. The summed E-state index contributed by atoms with van der Waals surface area (Å²) in [6, 6.07) is 1.96. The molecule has 0 aliphatic carbocycles. The van der Waals surface area contributed by atoms with E-state index >= 15 is 0 Å². The van der Waals surface area contributed by atoms with Crippen LogP contribution < -0.4 is 10.5 Å². The third-order valence-corrected chi connectivity index (χ3v) is 5.04. The zero-order chi connectivity index (χ0) is 16.3. The van der Waals surface area contributed by atoms with Gasteiger partial charge in [0.15, 0.2) is 11.9 Å². The summed E-state index contributed by atoms with van der Waals surface area (Å²) in [6.45, 7) is 5.28. The van der Waals surface area contributed by atoms with Gasteiger partial charge in [-0.1, -0.05) is 0 Å². The van der Waals surface area contributed by atoms with Gasteiger partial charge in [0.25, 0.3) is 5.56 Å². The molecule has 2 atom stereocenters. The summed E-state index contributed by atoms with van der Waals surface area (Å²) in [5.74, 6) is 0.583. The fourth-order valence-corrected chi connectivity index (χ4v) is 3.69. The quantitative estimate of drug-likeness (QED) is 0.708. The number of quaternary nitrogens is 1. The predicted octanol–water partition coefficient (Wildman–Crippen LogP) is -1.14. The first-order valence-electron chi connectivity index (χ1n) is 6.99. The van der Waals surface area contributed by atoms with Gasteiger partial charge in [0.05, 0.1) is 19.3 Å². The molecular formula is C14H19N4O3S+. The number of thioether (sulfide) groups is 1. The van der Waals surface area contributed by atoms with Crippen LogP contribution in [0.1, 0.15) is 16.8 Å². The molecule has 1 saturated heterocycles. The monoisotopic (exact) mass is 323 g/mol. The third kappa shape index (κ3) is 3.31. The maximum atomic E-state index is 12.3. The molecule has 1 aliphatic heterocycles. The lowest BCUT2D eigenvalue weighted by Crippen LogP contribution is -3.14. The van der Waals surface area contributed by atoms with E-state index in [2.05, 4.69) is 5.10 Å². The summed E-state index contributed by atoms with van der Waals surface area (Å²) in [5.41, 5.74) is 1.07. The molecule has 2 heterocycles. The van der Waals surface area contributed by atoms with Gasteiger partial charge in [-0.2, -0.15) is 15.0 Å². The largest absolute Gasteiger partial charge is 0.468 e. The van der Waals surface area contributed by atoms with Crippen molar-refractivity contribution in [2.24, 2.45) is 0 Å². The van der Waals surface area contributed by atoms with Gasteiger partial charge in [-0.15, -0.1) is 11.8 Å². The number of rotatable bonds is 3. The molecule has 1 aromatic rings. The summed E-state index contributed by atoms with van der Waals surface area (Å²) in [4.78, 5) is 25.0. The highest BCUT2D eigenvalue weighted by atomic mass is 32.2. The molecule has 0 radical (unpaired) electrons. The van der Waals surface area contributed by atoms with Gasteiger partial charge >= 0.3 is 5.97 Å². The Hall–Kier alpha value is -1.85. The fourth-order valence-electron chi connectivity index (χ4n) is 2.42. The number of esters is 1. The smallest absolute Gasteiger partial charge is 0.324 e. The Bertz CT molecular complexity index is 680. The van der Waals surface area contributed by atoms with Crippen molar-refractivity contribution < 1.29 is 14.4 Å². The van der Waals surface area contributed by atoms with Crippen LogP contribution in [0.5, 0.6) is 0 Å². The first kappa shape index (κ1) is 16.5. The number of nitrogens with zero attached hydrogens (tertiary/aromatic N) is 3. The van der Waals surface area contributed by atoms with Gasteiger partial charge in [0, 0.05) is 5.75 Å². The van der Waals surface area contributed by atoms with Crippen molar-refractivity contribution in [3.05, 3.63) is 27.2 Å². The Labute approximate surface area is 132 Å². The van der Waals surface area contributed by atoms with E-state index in [-0.39, 0.29) is 22.3 Å². The first-order valence-corrected chi connectivity index (χ1v) is 8.04. The fraction of sp³-hybridized carbons (Fsp3) is 0.571. The predicted molar refractivity (Wildman–Crippen MR) is 81.6 cm³/mol. The highest BCUT2D eigenvalue weighted by molar-refractivity contribution is 8.00. The van der Waals surface area contributed by atoms with Crippen LogP contribution in [0.4, 0.5) is 0 Å². The molecule has 0 aromatic carbocycles. The van der Waals surface area contributed by atoms with Crippen LogP contribution >= 0.6 is 11.8 Å². The van der Waals surface area contributed by atoms with E-state index in [1.165, 1.54) is 11.8 Å². The van der Waals surface area contributed by atoms with E-state index in [1.54, 1.807) is 25.6 Å². The molecule has 1 N–H and O–H groups in total. The maximum Gasteiger partial charge on any atom is 0.324 e. The SMILES string of the molecule is COC(=O)[C@@H]1C[NH+](Cn2nc(C)c(C)c(C#N)c2=O)CCS1. The molecule has 1 aromatic heterocycles. The van der Waals surface area contributed by atoms with Crippen molar-refractivity contribution >= 4 is 17.7 Å². The summed E-state index contributed by atoms with van der Waals surface area (Å²) in [6.07, 6.45) is 0. The van der Waals surface area contributed by atoms with E-state index in [0.717, 1.165) is 17.2 Å². The highest BCUT2D eigenvalue weighted by Crippen LogP contribution is 2.12. The minimum atomic E-state index is -0.369. The summed E-state index contributed by atoms with van der Waals surface area (Å²) in [5, 5.41) is 13.2. The molecular weight excluding hydrogens is 304 g/mol. The van der Waals surface area contributed by atoms with Crippen LogP contribution in [0.2, 0.25) is 0 Å². The van der Waals surface area contributed by atoms with E-state index in [4.69, 9.17) is 10.00 Å². The van der Waals surface area contributed by atoms with Gasteiger partial charge < -0.3 is 9.64 Å². The minimum absolute atomic E-state index is 0.141. The molecule has 1 unspecified atom stereocenters. The van der Waals surface area contributed by atoms with Crippen LogP contribution in [0.3, 0.4) is 0 Å². The molecule has 0 bridgehead atoms. The second kappa shape index (κ2) is 6.94. The van der Waals surface area contributed by atoms with Gasteiger partial charge in [0.2, 0.25) is 0 Å². The Morgan fingerprint density at radius 2 is 2.32 bits per heavy atom. The number of ether oxygens (including phenoxy) is 1. The van der Waals surface area contributed by atoms with Gasteiger partial charge in [-0.05, 0) is 19.4 Å². The van der Waals surface area contributed by atoms with Crippen LogP contribution in [-0.4, -0.2) is 47.0 Å². The second-order valence-electron chi connectivity index (χ2n) is 5.25. The maximum absolute atomic E-state index is 12.3. The lowest BCUT2D eigenvalue weighted by Gasteiger charge is -2.28. The molecule has 1 aliphatic rings. The van der Waals surface area contributed by atoms with Crippen molar-refractivity contribution in [1.82, 2.24) is 9.78 Å². The highest BCUT2D eigenvalue weighted by Gasteiger charge is 2.30. The number of carbonyl (C=O) groups excluding carboxylic acids is 1. The number of nitrogens with one attached hydrogen (secondary N) is 1. The topological polar surface area (TPSA) is 89.4 Å². The van der Waals surface area contributed by atoms with Crippen molar-refractivity contribution in [3.63, 3.8) is 0 Å². The zero-order valence-corrected chi connectivity index (χ0v) is 13.7. The molecule has 22 heavy (non-hydrogen) atoms. The average molecular weight is 323 g/mol. The molecule has 0 amide bonds. The zero-order valence-electron chi connectivity index (χ0n) is 12.9. The van der Waals surface area contributed by atoms with Crippen LogP contribution in [0, 0.1) is 25.2 Å². The van der Waals surface area contributed by atoms with Crippen LogP contribution in [0.25, 0.3) is 0 Å². The van der Waals surface area contributed by atoms with Gasteiger partial charge in [-0.3, -0.25) is 9.59 Å². The Morgan fingerprint density at radius 3 is 2.95 bits per heavy atom. The normalized spacial score (nSPS) is 21.2. The second-order valence-corrected chi connectivity index (χ2v) is 6.56. The van der Waals surface area contributed by atoms with Crippen molar-refractivity contribution in [2.45, 2.75) is 25.8 Å². The molecule has 2 rings (SSSR count). The minimum Gasteiger partial charge on any atom is -0.468 e. The first-order chi connectivity index (χ1) is 10.5. The summed E-state index contributed by atoms with van der Waals surface area (Å²) < 4.78 is 6.12. The lowest BCUT2D eigenvalue weighted by atomic mass is 10.1. The van der Waals surface area contributed by atoms with Gasteiger partial charge in [0.1, 0.15) is 18.2 Å². The number of methoxy groups -OCH3 is 1. The summed E-state index contributed by atoms with van der Waals surface area (Å²) >= 11 is 1.57. The van der Waals surface area contributed by atoms with Crippen molar-refractivity contribution in [3.8, 4) is 6.07 Å². The van der Waals surface area contributed by atoms with Crippen LogP contribution in [-0.2, 0) is 16.2 Å². The summed E-state index contributed by atoms with van der Waals surface area (Å²) in [7, 11) is 1.38. The van der Waals surface area contributed by atoms with Crippen molar-refractivity contribution in [1.29, 1.82) is 5.26 Å². The number of hydrogen-bond acceptors (Lipinski definition) is 6.